The Balaban J connectivity index is 2.05. The van der Waals surface area contributed by atoms with Crippen molar-refractivity contribution in [2.75, 3.05) is 18.6 Å². The number of anilines is 1. The van der Waals surface area contributed by atoms with Crippen LogP contribution in [0.5, 0.6) is 5.75 Å². The number of ether oxygens (including phenoxy) is 1. The Kier molecular flexibility index (Phi) is 3.67. The summed E-state index contributed by atoms with van der Waals surface area (Å²) in [6.07, 6.45) is 0. The van der Waals surface area contributed by atoms with Crippen LogP contribution in [0, 0.1) is 0 Å². The number of methoxy groups -OCH3 is 1. The Morgan fingerprint density at radius 3 is 2.90 bits per heavy atom. The van der Waals surface area contributed by atoms with Crippen molar-refractivity contribution in [2.45, 2.75) is 6.04 Å². The van der Waals surface area contributed by atoms with E-state index in [1.54, 1.807) is 18.4 Å². The van der Waals surface area contributed by atoms with Crippen LogP contribution in [0.4, 0.5) is 5.69 Å². The van der Waals surface area contributed by atoms with E-state index in [2.05, 4.69) is 32.4 Å². The number of aliphatic imine (C=N–C) groups is 1. The van der Waals surface area contributed by atoms with Gasteiger partial charge in [-0.2, -0.15) is 0 Å². The average molecular weight is 352 g/mol. The third-order valence-electron chi connectivity index (χ3n) is 3.28. The highest BCUT2D eigenvalue weighted by Crippen LogP contribution is 2.40. The summed E-state index contributed by atoms with van der Waals surface area (Å²) in [4.78, 5) is 7.66. The molecule has 1 aromatic heterocycles. The van der Waals surface area contributed by atoms with Gasteiger partial charge in [-0.1, -0.05) is 12.1 Å². The lowest BCUT2D eigenvalue weighted by atomic mass is 10.2. The first-order valence-electron chi connectivity index (χ1n) is 6.17. The maximum atomic E-state index is 6.09. The Bertz CT molecular complexity index is 655. The highest BCUT2D eigenvalue weighted by Gasteiger charge is 2.32. The van der Waals surface area contributed by atoms with Crippen LogP contribution in [0.2, 0.25) is 0 Å². The maximum Gasteiger partial charge on any atom is 0.196 e. The van der Waals surface area contributed by atoms with Crippen LogP contribution < -0.4 is 15.4 Å². The standard InChI is InChI=1S/C14H14BrN3OS/c1-19-12-5-3-2-4-10(12)18-11(8-17-14(18)16)13-9(15)6-7-20-13/h2-7,11H,8H2,1H3,(H2,16,17). The smallest absolute Gasteiger partial charge is 0.196 e. The van der Waals surface area contributed by atoms with Gasteiger partial charge >= 0.3 is 0 Å². The van der Waals surface area contributed by atoms with E-state index in [4.69, 9.17) is 10.5 Å². The van der Waals surface area contributed by atoms with Crippen molar-refractivity contribution in [2.24, 2.45) is 10.7 Å². The van der Waals surface area contributed by atoms with Crippen molar-refractivity contribution in [3.8, 4) is 5.75 Å². The largest absolute Gasteiger partial charge is 0.495 e. The quantitative estimate of drug-likeness (QED) is 0.921. The summed E-state index contributed by atoms with van der Waals surface area (Å²) >= 11 is 5.30. The Morgan fingerprint density at radius 2 is 2.20 bits per heavy atom. The maximum absolute atomic E-state index is 6.09. The molecule has 0 spiro atoms. The first-order valence-corrected chi connectivity index (χ1v) is 7.84. The molecule has 6 heteroatoms. The van der Waals surface area contributed by atoms with Gasteiger partial charge in [-0.25, -0.2) is 0 Å². The zero-order valence-electron chi connectivity index (χ0n) is 10.9. The highest BCUT2D eigenvalue weighted by molar-refractivity contribution is 9.10. The molecule has 1 unspecified atom stereocenters. The third-order valence-corrected chi connectivity index (χ3v) is 5.25. The second-order valence-electron chi connectivity index (χ2n) is 4.39. The van der Waals surface area contributed by atoms with Crippen LogP contribution in [0.3, 0.4) is 0 Å². The van der Waals surface area contributed by atoms with Gasteiger partial charge in [-0.05, 0) is 39.5 Å². The van der Waals surface area contributed by atoms with E-state index < -0.39 is 0 Å². The number of nitrogens with zero attached hydrogens (tertiary/aromatic N) is 2. The summed E-state index contributed by atoms with van der Waals surface area (Å²) in [6.45, 7) is 0.656. The van der Waals surface area contributed by atoms with Crippen molar-refractivity contribution in [1.82, 2.24) is 0 Å². The fraction of sp³-hybridized carbons (Fsp3) is 0.214. The Hall–Kier alpha value is -1.53. The number of para-hydroxylation sites is 2. The molecule has 2 N–H and O–H groups in total. The predicted octanol–water partition coefficient (Wildman–Crippen LogP) is 3.40. The minimum Gasteiger partial charge on any atom is -0.495 e. The molecule has 0 fully saturated rings. The fourth-order valence-electron chi connectivity index (χ4n) is 2.36. The normalized spacial score (nSPS) is 18.2. The van der Waals surface area contributed by atoms with E-state index in [-0.39, 0.29) is 6.04 Å². The number of guanidine groups is 1. The van der Waals surface area contributed by atoms with Gasteiger partial charge in [0.1, 0.15) is 5.75 Å². The second kappa shape index (κ2) is 5.46. The molecule has 0 saturated heterocycles. The molecule has 3 rings (SSSR count). The van der Waals surface area contributed by atoms with Gasteiger partial charge in [0.25, 0.3) is 0 Å². The van der Waals surface area contributed by atoms with Crippen LogP contribution in [-0.4, -0.2) is 19.6 Å². The molecule has 0 bridgehead atoms. The summed E-state index contributed by atoms with van der Waals surface area (Å²) in [7, 11) is 1.66. The molecule has 4 nitrogen and oxygen atoms in total. The molecule has 2 heterocycles. The number of benzene rings is 1. The molecular formula is C14H14BrN3OS. The average Bonchev–Trinajstić information content (AvgIpc) is 3.04. The van der Waals surface area contributed by atoms with Crippen molar-refractivity contribution in [1.29, 1.82) is 0 Å². The number of rotatable bonds is 3. The van der Waals surface area contributed by atoms with Crippen LogP contribution in [-0.2, 0) is 0 Å². The molecule has 2 aromatic rings. The number of nitrogens with two attached hydrogens (primary N) is 1. The summed E-state index contributed by atoms with van der Waals surface area (Å²) in [5, 5.41) is 2.06. The molecule has 1 aliphatic rings. The summed E-state index contributed by atoms with van der Waals surface area (Å²) in [5.41, 5.74) is 7.03. The van der Waals surface area contributed by atoms with Crippen LogP contribution >= 0.6 is 27.3 Å². The minimum absolute atomic E-state index is 0.112. The van der Waals surface area contributed by atoms with Crippen molar-refractivity contribution >= 4 is 38.9 Å². The lowest BCUT2D eigenvalue weighted by Crippen LogP contribution is -2.36. The lowest BCUT2D eigenvalue weighted by molar-refractivity contribution is 0.415. The highest BCUT2D eigenvalue weighted by atomic mass is 79.9. The van der Waals surface area contributed by atoms with E-state index in [0.717, 1.165) is 15.9 Å². The van der Waals surface area contributed by atoms with Crippen LogP contribution in [0.15, 0.2) is 45.2 Å². The van der Waals surface area contributed by atoms with Crippen LogP contribution in [0.25, 0.3) is 0 Å². The van der Waals surface area contributed by atoms with Gasteiger partial charge in [0.15, 0.2) is 5.96 Å². The van der Waals surface area contributed by atoms with Crippen molar-refractivity contribution in [3.05, 3.63) is 45.1 Å². The van der Waals surface area contributed by atoms with Crippen LogP contribution in [0.1, 0.15) is 10.9 Å². The molecule has 20 heavy (non-hydrogen) atoms. The molecule has 0 aliphatic carbocycles. The minimum atomic E-state index is 0.112. The molecular weight excluding hydrogens is 338 g/mol. The number of halogens is 1. The summed E-state index contributed by atoms with van der Waals surface area (Å²) in [6, 6.07) is 10.0. The van der Waals surface area contributed by atoms with Crippen molar-refractivity contribution < 1.29 is 4.74 Å². The van der Waals surface area contributed by atoms with Crippen molar-refractivity contribution in [3.63, 3.8) is 0 Å². The number of thiophene rings is 1. The second-order valence-corrected chi connectivity index (χ2v) is 6.19. The van der Waals surface area contributed by atoms with Gasteiger partial charge in [0.05, 0.1) is 25.4 Å². The molecule has 104 valence electrons. The topological polar surface area (TPSA) is 50.9 Å². The zero-order valence-corrected chi connectivity index (χ0v) is 13.3. The van der Waals surface area contributed by atoms with E-state index in [9.17, 15) is 0 Å². The van der Waals surface area contributed by atoms with E-state index in [0.29, 0.717) is 12.5 Å². The summed E-state index contributed by atoms with van der Waals surface area (Å²) < 4.78 is 6.54. The fourth-order valence-corrected chi connectivity index (χ4v) is 4.08. The molecule has 1 aliphatic heterocycles. The van der Waals surface area contributed by atoms with E-state index >= 15 is 0 Å². The number of hydrogen-bond acceptors (Lipinski definition) is 5. The Morgan fingerprint density at radius 1 is 1.40 bits per heavy atom. The first-order chi connectivity index (χ1) is 9.72. The molecule has 0 saturated carbocycles. The zero-order chi connectivity index (χ0) is 14.1. The summed E-state index contributed by atoms with van der Waals surface area (Å²) in [5.74, 6) is 1.32. The first kappa shape index (κ1) is 13.5. The predicted molar refractivity (Wildman–Crippen MR) is 86.7 cm³/mol. The number of hydrogen-bond donors (Lipinski definition) is 1. The van der Waals surface area contributed by atoms with E-state index in [1.165, 1.54) is 4.88 Å². The van der Waals surface area contributed by atoms with Gasteiger partial charge in [0.2, 0.25) is 0 Å². The monoisotopic (exact) mass is 351 g/mol. The van der Waals surface area contributed by atoms with Gasteiger partial charge < -0.3 is 10.5 Å². The Labute approximate surface area is 130 Å². The third kappa shape index (κ3) is 2.19. The lowest BCUT2D eigenvalue weighted by Gasteiger charge is -2.27. The van der Waals surface area contributed by atoms with E-state index in [1.807, 2.05) is 29.2 Å². The van der Waals surface area contributed by atoms with Gasteiger partial charge in [0, 0.05) is 9.35 Å². The molecule has 0 amide bonds. The van der Waals surface area contributed by atoms with Gasteiger partial charge in [-0.3, -0.25) is 9.89 Å². The molecule has 0 radical (unpaired) electrons. The molecule has 1 aromatic carbocycles. The van der Waals surface area contributed by atoms with Gasteiger partial charge in [-0.15, -0.1) is 11.3 Å². The SMILES string of the molecule is COc1ccccc1N1C(N)=NCC1c1sccc1Br. The molecule has 1 atom stereocenters.